The van der Waals surface area contributed by atoms with Gasteiger partial charge in [-0.2, -0.15) is 0 Å². The summed E-state index contributed by atoms with van der Waals surface area (Å²) in [6, 6.07) is 6.64. The molecular weight excluding hydrogens is 284 g/mol. The van der Waals surface area contributed by atoms with Gasteiger partial charge in [-0.25, -0.2) is 0 Å². The number of ketones is 1. The predicted molar refractivity (Wildman–Crippen MR) is 95.7 cm³/mol. The van der Waals surface area contributed by atoms with E-state index in [0.29, 0.717) is 18.1 Å². The quantitative estimate of drug-likeness (QED) is 0.774. The first-order chi connectivity index (χ1) is 10.8. The summed E-state index contributed by atoms with van der Waals surface area (Å²) in [4.78, 5) is 12.4. The number of aryl methyl sites for hydroxylation is 1. The predicted octanol–water partition coefficient (Wildman–Crippen LogP) is 5.07. The second kappa shape index (κ2) is 5.36. The molecule has 2 aromatic rings. The van der Waals surface area contributed by atoms with Gasteiger partial charge in [0.1, 0.15) is 11.5 Å². The number of fused-ring (bicyclic) bond motifs is 2. The summed E-state index contributed by atoms with van der Waals surface area (Å²) in [7, 11) is 1.74. The molecule has 0 aromatic heterocycles. The number of methoxy groups -OCH3 is 1. The minimum Gasteiger partial charge on any atom is -0.496 e. The summed E-state index contributed by atoms with van der Waals surface area (Å²) in [5.41, 5.74) is 4.69. The van der Waals surface area contributed by atoms with Crippen molar-refractivity contribution in [2.75, 3.05) is 7.11 Å². The van der Waals surface area contributed by atoms with Crippen LogP contribution in [0, 0.1) is 6.92 Å². The van der Waals surface area contributed by atoms with E-state index in [1.54, 1.807) is 7.11 Å². The Labute approximate surface area is 138 Å². The van der Waals surface area contributed by atoms with Gasteiger partial charge in [-0.15, -0.1) is 0 Å². The molecule has 1 aliphatic carbocycles. The Balaban J connectivity index is 2.36. The van der Waals surface area contributed by atoms with Gasteiger partial charge in [0.15, 0.2) is 0 Å². The molecule has 2 aromatic carbocycles. The number of rotatable bonds is 2. The second-order valence-electron chi connectivity index (χ2n) is 7.55. The smallest absolute Gasteiger partial charge is 0.143 e. The summed E-state index contributed by atoms with van der Waals surface area (Å²) in [6.45, 7) is 10.7. The summed E-state index contributed by atoms with van der Waals surface area (Å²) in [6.07, 6.45) is 1.50. The lowest BCUT2D eigenvalue weighted by molar-refractivity contribution is -0.124. The summed E-state index contributed by atoms with van der Waals surface area (Å²) in [5, 5.41) is 2.46. The second-order valence-corrected chi connectivity index (χ2v) is 7.55. The third-order valence-corrected chi connectivity index (χ3v) is 5.48. The summed E-state index contributed by atoms with van der Waals surface area (Å²) < 4.78 is 5.62. The molecule has 0 radical (unpaired) electrons. The Morgan fingerprint density at radius 1 is 1.13 bits per heavy atom. The van der Waals surface area contributed by atoms with Crippen LogP contribution in [0.4, 0.5) is 0 Å². The van der Waals surface area contributed by atoms with Crippen LogP contribution in [-0.2, 0) is 16.6 Å². The van der Waals surface area contributed by atoms with Gasteiger partial charge in [-0.3, -0.25) is 4.79 Å². The van der Waals surface area contributed by atoms with Crippen LogP contribution in [-0.4, -0.2) is 12.9 Å². The topological polar surface area (TPSA) is 26.3 Å². The van der Waals surface area contributed by atoms with Gasteiger partial charge in [0.25, 0.3) is 0 Å². The van der Waals surface area contributed by atoms with Crippen molar-refractivity contribution in [2.45, 2.75) is 58.8 Å². The number of hydrogen-bond donors (Lipinski definition) is 0. The normalized spacial score (nSPS) is 16.7. The SMILES string of the molecule is COc1cc2c(C)c3c(cc2cc1C(C)C)C(C)(C)C(=O)CC3. The number of benzene rings is 2. The molecule has 0 N–H and O–H groups in total. The van der Waals surface area contributed by atoms with E-state index in [4.69, 9.17) is 4.74 Å². The molecule has 3 rings (SSSR count). The largest absolute Gasteiger partial charge is 0.496 e. The Kier molecular flexibility index (Phi) is 3.74. The zero-order chi connectivity index (χ0) is 16.9. The lowest BCUT2D eigenvalue weighted by Gasteiger charge is -2.33. The number of Topliss-reactive ketones (excluding diaryl/α,β-unsaturated/α-hetero) is 1. The molecule has 122 valence electrons. The standard InChI is InChI=1S/C21H26O2/c1-12(2)16-9-14-10-18-15(7-8-20(22)21(18,4)5)13(3)17(14)11-19(16)23-6/h9-12H,7-8H2,1-6H3. The average molecular weight is 310 g/mol. The molecule has 0 aliphatic heterocycles. The minimum absolute atomic E-state index is 0.348. The summed E-state index contributed by atoms with van der Waals surface area (Å²) in [5.74, 6) is 1.71. The maximum Gasteiger partial charge on any atom is 0.143 e. The highest BCUT2D eigenvalue weighted by atomic mass is 16.5. The van der Waals surface area contributed by atoms with Crippen molar-refractivity contribution in [2.24, 2.45) is 0 Å². The number of carbonyl (C=O) groups excluding carboxylic acids is 1. The molecule has 2 nitrogen and oxygen atoms in total. The zero-order valence-corrected chi connectivity index (χ0v) is 15.0. The van der Waals surface area contributed by atoms with Crippen molar-refractivity contribution in [1.29, 1.82) is 0 Å². The Morgan fingerprint density at radius 2 is 1.83 bits per heavy atom. The highest BCUT2D eigenvalue weighted by Crippen LogP contribution is 2.41. The fourth-order valence-electron chi connectivity index (χ4n) is 3.87. The van der Waals surface area contributed by atoms with Crippen molar-refractivity contribution in [3.63, 3.8) is 0 Å². The zero-order valence-electron chi connectivity index (χ0n) is 15.0. The number of hydrogen-bond acceptors (Lipinski definition) is 2. The fraction of sp³-hybridized carbons (Fsp3) is 0.476. The van der Waals surface area contributed by atoms with E-state index in [9.17, 15) is 4.79 Å². The molecule has 0 spiro atoms. The van der Waals surface area contributed by atoms with Gasteiger partial charge in [0.05, 0.1) is 7.11 Å². The van der Waals surface area contributed by atoms with Crippen LogP contribution in [0.3, 0.4) is 0 Å². The molecule has 2 heteroatoms. The highest BCUT2D eigenvalue weighted by Gasteiger charge is 2.36. The van der Waals surface area contributed by atoms with E-state index in [-0.39, 0.29) is 5.41 Å². The monoisotopic (exact) mass is 310 g/mol. The Hall–Kier alpha value is -1.83. The van der Waals surface area contributed by atoms with Crippen LogP contribution in [0.25, 0.3) is 10.8 Å². The van der Waals surface area contributed by atoms with E-state index >= 15 is 0 Å². The van der Waals surface area contributed by atoms with Crippen LogP contribution in [0.15, 0.2) is 18.2 Å². The molecule has 0 bridgehead atoms. The van der Waals surface area contributed by atoms with Crippen LogP contribution in [0.1, 0.15) is 62.3 Å². The Morgan fingerprint density at radius 3 is 2.43 bits per heavy atom. The van der Waals surface area contributed by atoms with Crippen molar-refractivity contribution in [3.05, 3.63) is 40.5 Å². The van der Waals surface area contributed by atoms with Crippen molar-refractivity contribution in [1.82, 2.24) is 0 Å². The Bertz CT molecular complexity index is 797. The van der Waals surface area contributed by atoms with E-state index in [2.05, 4.69) is 52.8 Å². The van der Waals surface area contributed by atoms with Gasteiger partial charge < -0.3 is 4.74 Å². The molecule has 0 heterocycles. The number of carbonyl (C=O) groups is 1. The minimum atomic E-state index is -0.384. The van der Waals surface area contributed by atoms with Crippen molar-refractivity contribution in [3.8, 4) is 5.75 Å². The lowest BCUT2D eigenvalue weighted by Crippen LogP contribution is -2.34. The van der Waals surface area contributed by atoms with Gasteiger partial charge in [-0.05, 0) is 84.3 Å². The van der Waals surface area contributed by atoms with Crippen LogP contribution < -0.4 is 4.74 Å². The van der Waals surface area contributed by atoms with Gasteiger partial charge in [-0.1, -0.05) is 13.8 Å². The molecule has 0 amide bonds. The first-order valence-electron chi connectivity index (χ1n) is 8.45. The molecule has 0 saturated heterocycles. The first-order valence-corrected chi connectivity index (χ1v) is 8.45. The van der Waals surface area contributed by atoms with Gasteiger partial charge in [0.2, 0.25) is 0 Å². The van der Waals surface area contributed by atoms with Gasteiger partial charge >= 0.3 is 0 Å². The molecule has 23 heavy (non-hydrogen) atoms. The summed E-state index contributed by atoms with van der Waals surface area (Å²) >= 11 is 0. The number of ether oxygens (including phenoxy) is 1. The average Bonchev–Trinajstić information content (AvgIpc) is 2.50. The molecule has 0 fully saturated rings. The van der Waals surface area contributed by atoms with Gasteiger partial charge in [0, 0.05) is 11.8 Å². The molecule has 1 aliphatic rings. The van der Waals surface area contributed by atoms with Crippen molar-refractivity contribution >= 4 is 16.6 Å². The molecule has 0 unspecified atom stereocenters. The van der Waals surface area contributed by atoms with E-state index < -0.39 is 0 Å². The third-order valence-electron chi connectivity index (χ3n) is 5.48. The van der Waals surface area contributed by atoms with Crippen LogP contribution >= 0.6 is 0 Å². The van der Waals surface area contributed by atoms with Crippen LogP contribution in [0.5, 0.6) is 5.75 Å². The first kappa shape index (κ1) is 16.0. The third kappa shape index (κ3) is 2.36. The highest BCUT2D eigenvalue weighted by molar-refractivity contribution is 5.96. The van der Waals surface area contributed by atoms with E-state index in [0.717, 1.165) is 12.2 Å². The molecule has 0 atom stereocenters. The van der Waals surface area contributed by atoms with Crippen LogP contribution in [0.2, 0.25) is 0 Å². The molecular formula is C21H26O2. The molecule has 0 saturated carbocycles. The maximum absolute atomic E-state index is 12.4. The lowest BCUT2D eigenvalue weighted by atomic mass is 9.70. The van der Waals surface area contributed by atoms with E-state index in [1.807, 2.05) is 0 Å². The van der Waals surface area contributed by atoms with E-state index in [1.165, 1.54) is 33.0 Å². The fourth-order valence-corrected chi connectivity index (χ4v) is 3.87. The maximum atomic E-state index is 12.4. The van der Waals surface area contributed by atoms with Crippen molar-refractivity contribution < 1.29 is 9.53 Å².